The summed E-state index contributed by atoms with van der Waals surface area (Å²) in [6, 6.07) is 19.7. The van der Waals surface area contributed by atoms with Gasteiger partial charge in [-0.25, -0.2) is 0 Å². The average molecular weight is 457 g/mol. The standard InChI is InChI=1S/C28H28N2O4/c1-28(2)17-20-10-13-23(34-4)15-24(20)25(30-28)16-26(31)18-8-11-21(12-9-18)29-27(32)19-6-5-7-22(14-19)33-3/h5-16,30H,17H2,1-4H3,(H,29,32)/b25-16-. The molecule has 2 N–H and O–H groups in total. The molecule has 174 valence electrons. The molecule has 4 rings (SSSR count). The summed E-state index contributed by atoms with van der Waals surface area (Å²) in [5, 5.41) is 6.33. The number of benzene rings is 3. The number of carbonyl (C=O) groups excluding carboxylic acids is 2. The van der Waals surface area contributed by atoms with Gasteiger partial charge in [-0.15, -0.1) is 0 Å². The summed E-state index contributed by atoms with van der Waals surface area (Å²) in [5.41, 5.74) is 4.34. The molecular weight excluding hydrogens is 428 g/mol. The van der Waals surface area contributed by atoms with Crippen molar-refractivity contribution in [1.29, 1.82) is 0 Å². The zero-order valence-electron chi connectivity index (χ0n) is 19.8. The van der Waals surface area contributed by atoms with Gasteiger partial charge >= 0.3 is 0 Å². The van der Waals surface area contributed by atoms with Crippen LogP contribution in [-0.4, -0.2) is 31.4 Å². The Bertz CT molecular complexity index is 1260. The number of amides is 1. The third kappa shape index (κ3) is 5.12. The van der Waals surface area contributed by atoms with Crippen molar-refractivity contribution in [3.63, 3.8) is 0 Å². The Morgan fingerprint density at radius 2 is 1.62 bits per heavy atom. The van der Waals surface area contributed by atoms with E-state index in [1.807, 2.05) is 12.1 Å². The fourth-order valence-corrected chi connectivity index (χ4v) is 4.05. The fraction of sp³-hybridized carbons (Fsp3) is 0.214. The molecule has 0 aromatic heterocycles. The number of carbonyl (C=O) groups is 2. The maximum Gasteiger partial charge on any atom is 0.255 e. The summed E-state index contributed by atoms with van der Waals surface area (Å²) < 4.78 is 10.6. The van der Waals surface area contributed by atoms with Crippen LogP contribution in [0.2, 0.25) is 0 Å². The number of methoxy groups -OCH3 is 2. The third-order valence-corrected chi connectivity index (χ3v) is 5.75. The predicted octanol–water partition coefficient (Wildman–Crippen LogP) is 5.10. The van der Waals surface area contributed by atoms with Gasteiger partial charge in [0.1, 0.15) is 11.5 Å². The highest BCUT2D eigenvalue weighted by atomic mass is 16.5. The fourth-order valence-electron chi connectivity index (χ4n) is 4.05. The molecule has 1 aliphatic rings. The second-order valence-corrected chi connectivity index (χ2v) is 8.89. The average Bonchev–Trinajstić information content (AvgIpc) is 2.83. The van der Waals surface area contributed by atoms with Crippen molar-refractivity contribution in [3.05, 3.63) is 95.1 Å². The Morgan fingerprint density at radius 1 is 0.912 bits per heavy atom. The van der Waals surface area contributed by atoms with Gasteiger partial charge in [-0.2, -0.15) is 0 Å². The van der Waals surface area contributed by atoms with E-state index in [0.29, 0.717) is 22.6 Å². The maximum absolute atomic E-state index is 13.1. The number of nitrogens with one attached hydrogen (secondary N) is 2. The molecule has 0 bridgehead atoms. The molecule has 1 amide bonds. The number of anilines is 1. The molecule has 3 aromatic carbocycles. The minimum Gasteiger partial charge on any atom is -0.497 e. The third-order valence-electron chi connectivity index (χ3n) is 5.75. The SMILES string of the molecule is COc1cccc(C(=O)Nc2ccc(C(=O)/C=C3\NC(C)(C)Cc4ccc(OC)cc43)cc2)c1. The van der Waals surface area contributed by atoms with Crippen LogP contribution in [0.15, 0.2) is 72.8 Å². The smallest absolute Gasteiger partial charge is 0.255 e. The number of hydrogen-bond donors (Lipinski definition) is 2. The second kappa shape index (κ2) is 9.43. The van der Waals surface area contributed by atoms with Crippen LogP contribution < -0.4 is 20.1 Å². The van der Waals surface area contributed by atoms with Gasteiger partial charge in [-0.1, -0.05) is 12.1 Å². The topological polar surface area (TPSA) is 76.7 Å². The summed E-state index contributed by atoms with van der Waals surface area (Å²) in [6.07, 6.45) is 2.47. The Balaban J connectivity index is 1.53. The lowest BCUT2D eigenvalue weighted by Crippen LogP contribution is -2.43. The van der Waals surface area contributed by atoms with Gasteiger partial charge in [0.15, 0.2) is 5.78 Å². The second-order valence-electron chi connectivity index (χ2n) is 8.89. The molecule has 0 unspecified atom stereocenters. The number of ketones is 1. The molecule has 6 nitrogen and oxygen atoms in total. The number of fused-ring (bicyclic) bond motifs is 1. The molecule has 0 atom stereocenters. The Morgan fingerprint density at radius 3 is 2.32 bits per heavy atom. The van der Waals surface area contributed by atoms with Crippen LogP contribution in [-0.2, 0) is 6.42 Å². The highest BCUT2D eigenvalue weighted by molar-refractivity contribution is 6.09. The van der Waals surface area contributed by atoms with E-state index in [1.165, 1.54) is 5.56 Å². The summed E-state index contributed by atoms with van der Waals surface area (Å²) in [7, 11) is 3.19. The van der Waals surface area contributed by atoms with Crippen LogP contribution >= 0.6 is 0 Å². The molecule has 1 heterocycles. The molecular formula is C28H28N2O4. The summed E-state index contributed by atoms with van der Waals surface area (Å²) >= 11 is 0. The van der Waals surface area contributed by atoms with E-state index in [1.54, 1.807) is 68.8 Å². The van der Waals surface area contributed by atoms with Gasteiger partial charge in [-0.05, 0) is 80.4 Å². The minimum absolute atomic E-state index is 0.125. The van der Waals surface area contributed by atoms with Gasteiger partial charge in [0.2, 0.25) is 0 Å². The summed E-state index contributed by atoms with van der Waals surface area (Å²) in [4.78, 5) is 25.6. The van der Waals surface area contributed by atoms with E-state index in [0.717, 1.165) is 23.4 Å². The monoisotopic (exact) mass is 456 g/mol. The Kier molecular flexibility index (Phi) is 6.41. The van der Waals surface area contributed by atoms with E-state index in [9.17, 15) is 9.59 Å². The van der Waals surface area contributed by atoms with Gasteiger partial charge in [0.25, 0.3) is 5.91 Å². The van der Waals surface area contributed by atoms with Crippen molar-refractivity contribution < 1.29 is 19.1 Å². The highest BCUT2D eigenvalue weighted by Crippen LogP contribution is 2.32. The molecule has 0 saturated carbocycles. The lowest BCUT2D eigenvalue weighted by atomic mass is 9.85. The molecule has 0 saturated heterocycles. The van der Waals surface area contributed by atoms with Gasteiger partial charge in [0.05, 0.1) is 14.2 Å². The zero-order chi connectivity index (χ0) is 24.3. The van der Waals surface area contributed by atoms with Gasteiger partial charge in [-0.3, -0.25) is 9.59 Å². The first-order valence-electron chi connectivity index (χ1n) is 11.0. The van der Waals surface area contributed by atoms with Crippen LogP contribution in [0.3, 0.4) is 0 Å². The van der Waals surface area contributed by atoms with Crippen molar-refractivity contribution in [2.75, 3.05) is 19.5 Å². The van der Waals surface area contributed by atoms with Crippen molar-refractivity contribution in [3.8, 4) is 11.5 Å². The number of ether oxygens (including phenoxy) is 2. The van der Waals surface area contributed by atoms with Crippen molar-refractivity contribution in [2.24, 2.45) is 0 Å². The van der Waals surface area contributed by atoms with Gasteiger partial charge < -0.3 is 20.1 Å². The van der Waals surface area contributed by atoms with E-state index < -0.39 is 0 Å². The first-order valence-corrected chi connectivity index (χ1v) is 11.0. The minimum atomic E-state index is -0.251. The van der Waals surface area contributed by atoms with Gasteiger partial charge in [0, 0.05) is 39.7 Å². The molecule has 6 heteroatoms. The molecule has 1 aliphatic heterocycles. The molecule has 0 aliphatic carbocycles. The number of rotatable bonds is 6. The van der Waals surface area contributed by atoms with E-state index in [2.05, 4.69) is 30.5 Å². The molecule has 3 aromatic rings. The summed E-state index contributed by atoms with van der Waals surface area (Å²) in [5.74, 6) is 0.981. The number of hydrogen-bond acceptors (Lipinski definition) is 5. The van der Waals surface area contributed by atoms with Crippen LogP contribution in [0, 0.1) is 0 Å². The first-order chi connectivity index (χ1) is 16.3. The number of allylic oxidation sites excluding steroid dienone is 1. The summed E-state index contributed by atoms with van der Waals surface area (Å²) in [6.45, 7) is 4.22. The van der Waals surface area contributed by atoms with Crippen LogP contribution in [0.1, 0.15) is 45.7 Å². The molecule has 0 radical (unpaired) electrons. The lowest BCUT2D eigenvalue weighted by Gasteiger charge is -2.35. The van der Waals surface area contributed by atoms with Crippen LogP contribution in [0.5, 0.6) is 11.5 Å². The quantitative estimate of drug-likeness (QED) is 0.398. The maximum atomic E-state index is 13.1. The molecule has 34 heavy (non-hydrogen) atoms. The Labute approximate surface area is 199 Å². The predicted molar refractivity (Wildman–Crippen MR) is 134 cm³/mol. The molecule has 0 spiro atoms. The lowest BCUT2D eigenvalue weighted by molar-refractivity contribution is 0.102. The Hall–Kier alpha value is -4.06. The van der Waals surface area contributed by atoms with Crippen LogP contribution in [0.25, 0.3) is 5.70 Å². The molecule has 0 fully saturated rings. The van der Waals surface area contributed by atoms with E-state index in [4.69, 9.17) is 9.47 Å². The normalized spacial score (nSPS) is 15.1. The van der Waals surface area contributed by atoms with Crippen molar-refractivity contribution in [2.45, 2.75) is 25.8 Å². The van der Waals surface area contributed by atoms with E-state index >= 15 is 0 Å². The first kappa shape index (κ1) is 23.1. The van der Waals surface area contributed by atoms with Crippen molar-refractivity contribution in [1.82, 2.24) is 5.32 Å². The van der Waals surface area contributed by atoms with E-state index in [-0.39, 0.29) is 17.2 Å². The van der Waals surface area contributed by atoms with Crippen LogP contribution in [0.4, 0.5) is 5.69 Å². The highest BCUT2D eigenvalue weighted by Gasteiger charge is 2.28. The largest absolute Gasteiger partial charge is 0.497 e. The zero-order valence-corrected chi connectivity index (χ0v) is 19.8. The van der Waals surface area contributed by atoms with Crippen molar-refractivity contribution >= 4 is 23.1 Å².